The maximum atomic E-state index is 12.2. The van der Waals surface area contributed by atoms with Crippen molar-refractivity contribution in [2.24, 2.45) is 5.92 Å². The van der Waals surface area contributed by atoms with Crippen LogP contribution in [0.4, 0.5) is 0 Å². The highest BCUT2D eigenvalue weighted by molar-refractivity contribution is 6.31. The van der Waals surface area contributed by atoms with E-state index in [1.165, 1.54) is 18.5 Å². The fourth-order valence-electron chi connectivity index (χ4n) is 3.89. The van der Waals surface area contributed by atoms with Crippen molar-refractivity contribution in [3.05, 3.63) is 33.9 Å². The molecule has 1 fully saturated rings. The summed E-state index contributed by atoms with van der Waals surface area (Å²) in [6.45, 7) is 5.72. The SMILES string of the molecule is Cc1[nH]nc(CN2CCn3nc(CNC(=O)C4CCCC4)cc3C2)c1Cl. The predicted octanol–water partition coefficient (Wildman–Crippen LogP) is 2.39. The molecule has 1 aliphatic carbocycles. The number of aromatic amines is 1. The third-order valence-corrected chi connectivity index (χ3v) is 5.91. The lowest BCUT2D eigenvalue weighted by atomic mass is 10.1. The smallest absolute Gasteiger partial charge is 0.223 e. The minimum Gasteiger partial charge on any atom is -0.350 e. The van der Waals surface area contributed by atoms with E-state index < -0.39 is 0 Å². The molecule has 140 valence electrons. The summed E-state index contributed by atoms with van der Waals surface area (Å²) in [4.78, 5) is 14.5. The van der Waals surface area contributed by atoms with Crippen LogP contribution in [0, 0.1) is 12.8 Å². The van der Waals surface area contributed by atoms with E-state index in [-0.39, 0.29) is 11.8 Å². The number of aryl methyl sites for hydroxylation is 1. The number of hydrogen-bond acceptors (Lipinski definition) is 4. The van der Waals surface area contributed by atoms with Crippen molar-refractivity contribution in [2.45, 2.75) is 58.8 Å². The number of amides is 1. The van der Waals surface area contributed by atoms with Gasteiger partial charge in [0.05, 0.1) is 40.9 Å². The Morgan fingerprint density at radius 3 is 2.92 bits per heavy atom. The van der Waals surface area contributed by atoms with Crippen LogP contribution in [0.15, 0.2) is 6.07 Å². The fourth-order valence-corrected chi connectivity index (χ4v) is 4.04. The van der Waals surface area contributed by atoms with E-state index in [0.717, 1.165) is 61.1 Å². The number of carbonyl (C=O) groups is 1. The number of halogens is 1. The third kappa shape index (κ3) is 3.64. The molecule has 3 heterocycles. The van der Waals surface area contributed by atoms with Crippen LogP contribution in [-0.4, -0.2) is 37.3 Å². The molecular weight excluding hydrogens is 352 g/mol. The summed E-state index contributed by atoms with van der Waals surface area (Å²) in [6, 6.07) is 2.10. The number of carbonyl (C=O) groups excluding carboxylic acids is 1. The summed E-state index contributed by atoms with van der Waals surface area (Å²) >= 11 is 6.28. The van der Waals surface area contributed by atoms with E-state index in [1.54, 1.807) is 0 Å². The Balaban J connectivity index is 1.34. The van der Waals surface area contributed by atoms with E-state index in [1.807, 2.05) is 11.6 Å². The Bertz CT molecular complexity index is 792. The van der Waals surface area contributed by atoms with Crippen molar-refractivity contribution in [3.63, 3.8) is 0 Å². The number of hydrogen-bond donors (Lipinski definition) is 2. The van der Waals surface area contributed by atoms with Gasteiger partial charge in [0.15, 0.2) is 0 Å². The van der Waals surface area contributed by atoms with Gasteiger partial charge < -0.3 is 5.32 Å². The molecule has 4 rings (SSSR count). The molecule has 2 N–H and O–H groups in total. The molecule has 0 spiro atoms. The summed E-state index contributed by atoms with van der Waals surface area (Å²) in [5.41, 5.74) is 3.90. The van der Waals surface area contributed by atoms with Crippen LogP contribution in [0.25, 0.3) is 0 Å². The quantitative estimate of drug-likeness (QED) is 0.839. The molecule has 7 nitrogen and oxygen atoms in total. The number of fused-ring (bicyclic) bond motifs is 1. The first kappa shape index (κ1) is 17.5. The predicted molar refractivity (Wildman–Crippen MR) is 98.5 cm³/mol. The van der Waals surface area contributed by atoms with E-state index in [2.05, 4.69) is 31.6 Å². The Hall–Kier alpha value is -1.86. The fraction of sp³-hybridized carbons (Fsp3) is 0.611. The molecule has 1 amide bonds. The lowest BCUT2D eigenvalue weighted by Gasteiger charge is -2.26. The maximum absolute atomic E-state index is 12.2. The second-order valence-corrected chi connectivity index (χ2v) is 7.75. The molecule has 2 aromatic rings. The molecule has 0 bridgehead atoms. The van der Waals surface area contributed by atoms with E-state index in [4.69, 9.17) is 11.6 Å². The zero-order valence-electron chi connectivity index (χ0n) is 15.1. The highest BCUT2D eigenvalue weighted by Crippen LogP contribution is 2.25. The van der Waals surface area contributed by atoms with Gasteiger partial charge in [0.2, 0.25) is 5.91 Å². The van der Waals surface area contributed by atoms with E-state index >= 15 is 0 Å². The zero-order chi connectivity index (χ0) is 18.1. The summed E-state index contributed by atoms with van der Waals surface area (Å²) in [5.74, 6) is 0.378. The first-order valence-electron chi connectivity index (χ1n) is 9.35. The van der Waals surface area contributed by atoms with Crippen molar-refractivity contribution in [1.29, 1.82) is 0 Å². The molecule has 8 heteroatoms. The summed E-state index contributed by atoms with van der Waals surface area (Å²) in [7, 11) is 0. The van der Waals surface area contributed by atoms with Crippen LogP contribution < -0.4 is 5.32 Å². The van der Waals surface area contributed by atoms with Gasteiger partial charge in [-0.05, 0) is 25.8 Å². The van der Waals surface area contributed by atoms with Gasteiger partial charge in [0, 0.05) is 25.6 Å². The molecule has 0 radical (unpaired) electrons. The van der Waals surface area contributed by atoms with Crippen LogP contribution >= 0.6 is 11.6 Å². The molecule has 1 aliphatic heterocycles. The minimum atomic E-state index is 0.179. The normalized spacial score (nSPS) is 18.2. The number of rotatable bonds is 5. The topological polar surface area (TPSA) is 78.8 Å². The molecule has 0 aromatic carbocycles. The van der Waals surface area contributed by atoms with Gasteiger partial charge in [-0.3, -0.25) is 19.5 Å². The van der Waals surface area contributed by atoms with Crippen molar-refractivity contribution in [2.75, 3.05) is 6.54 Å². The third-order valence-electron chi connectivity index (χ3n) is 5.41. The van der Waals surface area contributed by atoms with E-state index in [9.17, 15) is 4.79 Å². The first-order chi connectivity index (χ1) is 12.6. The van der Waals surface area contributed by atoms with Crippen molar-refractivity contribution in [1.82, 2.24) is 30.2 Å². The van der Waals surface area contributed by atoms with Gasteiger partial charge in [-0.25, -0.2) is 0 Å². The van der Waals surface area contributed by atoms with Gasteiger partial charge in [-0.1, -0.05) is 24.4 Å². The molecule has 0 saturated heterocycles. The van der Waals surface area contributed by atoms with Gasteiger partial charge >= 0.3 is 0 Å². The second kappa shape index (κ2) is 7.40. The standard InChI is InChI=1S/C18H25ClN6O/c1-12-17(19)16(22-21-12)11-24-6-7-25-15(10-24)8-14(23-25)9-20-18(26)13-4-2-3-5-13/h8,13H,2-7,9-11H2,1H3,(H,20,26)(H,21,22). The largest absolute Gasteiger partial charge is 0.350 e. The van der Waals surface area contributed by atoms with Crippen molar-refractivity contribution < 1.29 is 4.79 Å². The van der Waals surface area contributed by atoms with Crippen molar-refractivity contribution in [3.8, 4) is 0 Å². The maximum Gasteiger partial charge on any atom is 0.223 e. The van der Waals surface area contributed by atoms with Crippen LogP contribution in [0.3, 0.4) is 0 Å². The summed E-state index contributed by atoms with van der Waals surface area (Å²) in [5, 5.41) is 15.6. The number of aromatic nitrogens is 4. The van der Waals surface area contributed by atoms with Gasteiger partial charge in [0.1, 0.15) is 0 Å². The molecule has 1 saturated carbocycles. The molecule has 0 unspecified atom stereocenters. The van der Waals surface area contributed by atoms with Gasteiger partial charge in [0.25, 0.3) is 0 Å². The highest BCUT2D eigenvalue weighted by Gasteiger charge is 2.24. The molecule has 2 aliphatic rings. The Morgan fingerprint density at radius 2 is 2.19 bits per heavy atom. The monoisotopic (exact) mass is 376 g/mol. The zero-order valence-corrected chi connectivity index (χ0v) is 15.8. The Labute approximate surface area is 158 Å². The lowest BCUT2D eigenvalue weighted by molar-refractivity contribution is -0.124. The Kier molecular flexibility index (Phi) is 5.00. The molecule has 26 heavy (non-hydrogen) atoms. The average molecular weight is 377 g/mol. The first-order valence-corrected chi connectivity index (χ1v) is 9.73. The van der Waals surface area contributed by atoms with Crippen LogP contribution in [-0.2, 0) is 31.0 Å². The van der Waals surface area contributed by atoms with Gasteiger partial charge in [-0.2, -0.15) is 10.2 Å². The Morgan fingerprint density at radius 1 is 1.38 bits per heavy atom. The number of nitrogens with zero attached hydrogens (tertiary/aromatic N) is 4. The molecule has 0 atom stereocenters. The average Bonchev–Trinajstić information content (AvgIpc) is 3.36. The second-order valence-electron chi connectivity index (χ2n) is 7.37. The van der Waals surface area contributed by atoms with Crippen molar-refractivity contribution >= 4 is 17.5 Å². The van der Waals surface area contributed by atoms with Crippen LogP contribution in [0.1, 0.15) is 48.5 Å². The minimum absolute atomic E-state index is 0.179. The summed E-state index contributed by atoms with van der Waals surface area (Å²) < 4.78 is 2.05. The molecule has 2 aromatic heterocycles. The number of nitrogens with one attached hydrogen (secondary N) is 2. The lowest BCUT2D eigenvalue weighted by Crippen LogP contribution is -2.33. The highest BCUT2D eigenvalue weighted by atomic mass is 35.5. The summed E-state index contributed by atoms with van der Waals surface area (Å²) in [6.07, 6.45) is 4.39. The van der Waals surface area contributed by atoms with E-state index in [0.29, 0.717) is 6.54 Å². The van der Waals surface area contributed by atoms with Gasteiger partial charge in [-0.15, -0.1) is 0 Å². The van der Waals surface area contributed by atoms with Crippen LogP contribution in [0.2, 0.25) is 5.02 Å². The van der Waals surface area contributed by atoms with Crippen LogP contribution in [0.5, 0.6) is 0 Å². The molecular formula is C18H25ClN6O. The number of H-pyrrole nitrogens is 1.